The molecule has 0 amide bonds. The SMILES string of the molecule is C/C=C/CN1CCCC(C)C1C. The zero-order valence-electron chi connectivity index (χ0n) is 8.59. The van der Waals surface area contributed by atoms with Gasteiger partial charge in [0.1, 0.15) is 0 Å². The molecule has 1 nitrogen and oxygen atoms in total. The Morgan fingerprint density at radius 3 is 2.83 bits per heavy atom. The standard InChI is InChI=1S/C11H21N/c1-4-5-8-12-9-6-7-10(2)11(12)3/h4-5,10-11H,6-9H2,1-3H3/b5-4+. The molecule has 0 aliphatic carbocycles. The lowest BCUT2D eigenvalue weighted by Gasteiger charge is -2.37. The molecule has 0 aromatic rings. The van der Waals surface area contributed by atoms with Gasteiger partial charge < -0.3 is 0 Å². The van der Waals surface area contributed by atoms with Crippen LogP contribution in [0.25, 0.3) is 0 Å². The molecule has 0 N–H and O–H groups in total. The second-order valence-electron chi connectivity index (χ2n) is 3.92. The van der Waals surface area contributed by atoms with Crippen molar-refractivity contribution in [2.24, 2.45) is 5.92 Å². The molecule has 70 valence electrons. The highest BCUT2D eigenvalue weighted by molar-refractivity contribution is 4.86. The van der Waals surface area contributed by atoms with Crippen molar-refractivity contribution in [1.29, 1.82) is 0 Å². The summed E-state index contributed by atoms with van der Waals surface area (Å²) >= 11 is 0. The highest BCUT2D eigenvalue weighted by Crippen LogP contribution is 2.22. The van der Waals surface area contributed by atoms with Crippen LogP contribution in [0.15, 0.2) is 12.2 Å². The van der Waals surface area contributed by atoms with Gasteiger partial charge in [0.05, 0.1) is 0 Å². The topological polar surface area (TPSA) is 3.24 Å². The van der Waals surface area contributed by atoms with E-state index < -0.39 is 0 Å². The summed E-state index contributed by atoms with van der Waals surface area (Å²) < 4.78 is 0. The molecule has 0 aromatic carbocycles. The third kappa shape index (κ3) is 2.34. The number of allylic oxidation sites excluding steroid dienone is 1. The molecule has 1 aliphatic rings. The molecule has 2 atom stereocenters. The normalized spacial score (nSPS) is 32.9. The molecule has 1 heteroatoms. The predicted octanol–water partition coefficient (Wildman–Crippen LogP) is 2.68. The molecule has 1 aliphatic heterocycles. The number of nitrogens with zero attached hydrogens (tertiary/aromatic N) is 1. The molecule has 0 radical (unpaired) electrons. The van der Waals surface area contributed by atoms with Gasteiger partial charge in [-0.05, 0) is 39.2 Å². The van der Waals surface area contributed by atoms with Crippen molar-refractivity contribution in [1.82, 2.24) is 4.90 Å². The minimum absolute atomic E-state index is 0.773. The number of hydrogen-bond acceptors (Lipinski definition) is 1. The van der Waals surface area contributed by atoms with E-state index in [2.05, 4.69) is 37.8 Å². The lowest BCUT2D eigenvalue weighted by atomic mass is 9.92. The molecule has 0 saturated carbocycles. The fourth-order valence-electron chi connectivity index (χ4n) is 1.92. The average Bonchev–Trinajstić information content (AvgIpc) is 2.08. The summed E-state index contributed by atoms with van der Waals surface area (Å²) in [5.41, 5.74) is 0. The predicted molar refractivity (Wildman–Crippen MR) is 54.2 cm³/mol. The van der Waals surface area contributed by atoms with E-state index in [4.69, 9.17) is 0 Å². The Labute approximate surface area is 76.5 Å². The van der Waals surface area contributed by atoms with E-state index in [0.29, 0.717) is 0 Å². The lowest BCUT2D eigenvalue weighted by molar-refractivity contribution is 0.128. The van der Waals surface area contributed by atoms with Gasteiger partial charge in [0, 0.05) is 12.6 Å². The van der Waals surface area contributed by atoms with Crippen LogP contribution in [0.5, 0.6) is 0 Å². The Kier molecular flexibility index (Phi) is 3.80. The molecule has 12 heavy (non-hydrogen) atoms. The Morgan fingerprint density at radius 2 is 2.17 bits per heavy atom. The van der Waals surface area contributed by atoms with Gasteiger partial charge in [-0.1, -0.05) is 19.1 Å². The molecular weight excluding hydrogens is 146 g/mol. The van der Waals surface area contributed by atoms with Gasteiger partial charge in [-0.25, -0.2) is 0 Å². The van der Waals surface area contributed by atoms with Crippen LogP contribution in [0.1, 0.15) is 33.6 Å². The van der Waals surface area contributed by atoms with Crippen molar-refractivity contribution >= 4 is 0 Å². The van der Waals surface area contributed by atoms with Crippen molar-refractivity contribution in [3.05, 3.63) is 12.2 Å². The summed E-state index contributed by atoms with van der Waals surface area (Å²) in [6, 6.07) is 0.773. The smallest absolute Gasteiger partial charge is 0.0166 e. The molecule has 1 rings (SSSR count). The maximum Gasteiger partial charge on any atom is 0.0166 e. The van der Waals surface area contributed by atoms with E-state index >= 15 is 0 Å². The van der Waals surface area contributed by atoms with Gasteiger partial charge in [0.25, 0.3) is 0 Å². The molecule has 1 heterocycles. The quantitative estimate of drug-likeness (QED) is 0.572. The molecule has 0 aromatic heterocycles. The minimum atomic E-state index is 0.773. The number of hydrogen-bond donors (Lipinski definition) is 0. The summed E-state index contributed by atoms with van der Waals surface area (Å²) in [5.74, 6) is 0.879. The monoisotopic (exact) mass is 167 g/mol. The minimum Gasteiger partial charge on any atom is -0.297 e. The van der Waals surface area contributed by atoms with Gasteiger partial charge in [-0.3, -0.25) is 4.90 Å². The second-order valence-corrected chi connectivity index (χ2v) is 3.92. The van der Waals surface area contributed by atoms with Crippen LogP contribution < -0.4 is 0 Å². The third-order valence-electron chi connectivity index (χ3n) is 3.08. The highest BCUT2D eigenvalue weighted by Gasteiger charge is 2.22. The van der Waals surface area contributed by atoms with E-state index in [1.54, 1.807) is 0 Å². The van der Waals surface area contributed by atoms with Gasteiger partial charge >= 0.3 is 0 Å². The first kappa shape index (κ1) is 9.79. The Morgan fingerprint density at radius 1 is 1.42 bits per heavy atom. The third-order valence-corrected chi connectivity index (χ3v) is 3.08. The number of rotatable bonds is 2. The Bertz CT molecular complexity index is 151. The van der Waals surface area contributed by atoms with Crippen LogP contribution in [0, 0.1) is 5.92 Å². The van der Waals surface area contributed by atoms with Gasteiger partial charge in [-0.2, -0.15) is 0 Å². The maximum atomic E-state index is 2.58. The van der Waals surface area contributed by atoms with Crippen molar-refractivity contribution in [2.45, 2.75) is 39.7 Å². The summed E-state index contributed by atoms with van der Waals surface area (Å²) in [5, 5.41) is 0. The zero-order chi connectivity index (χ0) is 8.97. The summed E-state index contributed by atoms with van der Waals surface area (Å²) in [7, 11) is 0. The highest BCUT2D eigenvalue weighted by atomic mass is 15.2. The molecule has 1 fully saturated rings. The first-order valence-electron chi connectivity index (χ1n) is 5.11. The largest absolute Gasteiger partial charge is 0.297 e. The summed E-state index contributed by atoms with van der Waals surface area (Å²) in [4.78, 5) is 2.58. The van der Waals surface area contributed by atoms with Gasteiger partial charge in [0.2, 0.25) is 0 Å². The summed E-state index contributed by atoms with van der Waals surface area (Å²) in [6.07, 6.45) is 7.19. The average molecular weight is 167 g/mol. The van der Waals surface area contributed by atoms with E-state index in [1.807, 2.05) is 0 Å². The molecule has 2 unspecified atom stereocenters. The van der Waals surface area contributed by atoms with E-state index in [1.165, 1.54) is 19.4 Å². The summed E-state index contributed by atoms with van der Waals surface area (Å²) in [6.45, 7) is 9.25. The Hall–Kier alpha value is -0.300. The van der Waals surface area contributed by atoms with Crippen LogP contribution >= 0.6 is 0 Å². The first-order valence-corrected chi connectivity index (χ1v) is 5.11. The number of likely N-dealkylation sites (tertiary alicyclic amines) is 1. The van der Waals surface area contributed by atoms with E-state index in [9.17, 15) is 0 Å². The van der Waals surface area contributed by atoms with Crippen LogP contribution in [0.2, 0.25) is 0 Å². The van der Waals surface area contributed by atoms with Crippen molar-refractivity contribution in [3.8, 4) is 0 Å². The first-order chi connectivity index (χ1) is 5.75. The fourth-order valence-corrected chi connectivity index (χ4v) is 1.92. The zero-order valence-corrected chi connectivity index (χ0v) is 8.59. The van der Waals surface area contributed by atoms with Gasteiger partial charge in [0.15, 0.2) is 0 Å². The van der Waals surface area contributed by atoms with Crippen LogP contribution in [-0.2, 0) is 0 Å². The lowest BCUT2D eigenvalue weighted by Crippen LogP contribution is -2.42. The van der Waals surface area contributed by atoms with Crippen molar-refractivity contribution in [3.63, 3.8) is 0 Å². The van der Waals surface area contributed by atoms with Crippen LogP contribution in [0.4, 0.5) is 0 Å². The van der Waals surface area contributed by atoms with Gasteiger partial charge in [-0.15, -0.1) is 0 Å². The maximum absolute atomic E-state index is 2.58. The van der Waals surface area contributed by atoms with Crippen molar-refractivity contribution < 1.29 is 0 Å². The van der Waals surface area contributed by atoms with E-state index in [-0.39, 0.29) is 0 Å². The van der Waals surface area contributed by atoms with Crippen molar-refractivity contribution in [2.75, 3.05) is 13.1 Å². The molecule has 0 spiro atoms. The Balaban J connectivity index is 2.40. The fraction of sp³-hybridized carbons (Fsp3) is 0.818. The molecule has 1 saturated heterocycles. The number of piperidine rings is 1. The van der Waals surface area contributed by atoms with E-state index in [0.717, 1.165) is 18.5 Å². The van der Waals surface area contributed by atoms with Crippen LogP contribution in [0.3, 0.4) is 0 Å². The second kappa shape index (κ2) is 4.66. The molecular formula is C11H21N. The molecule has 0 bridgehead atoms. The van der Waals surface area contributed by atoms with Crippen LogP contribution in [-0.4, -0.2) is 24.0 Å².